The Labute approximate surface area is 129 Å². The smallest absolute Gasteiger partial charge is 0.354 e. The number of thiazole rings is 1. The minimum absolute atomic E-state index is 0.143. The molecule has 2 heterocycles. The predicted molar refractivity (Wildman–Crippen MR) is 81.0 cm³/mol. The van der Waals surface area contributed by atoms with Crippen LogP contribution in [0.25, 0.3) is 0 Å². The fourth-order valence-corrected chi connectivity index (χ4v) is 3.38. The van der Waals surface area contributed by atoms with E-state index in [9.17, 15) is 13.2 Å². The number of thiophene rings is 1. The summed E-state index contributed by atoms with van der Waals surface area (Å²) in [5, 5.41) is 7.22. The summed E-state index contributed by atoms with van der Waals surface area (Å²) in [4.78, 5) is 7.02. The second kappa shape index (κ2) is 6.33. The van der Waals surface area contributed by atoms with Gasteiger partial charge in [0.2, 0.25) is 0 Å². The van der Waals surface area contributed by atoms with Crippen LogP contribution in [0.2, 0.25) is 0 Å². The van der Waals surface area contributed by atoms with Crippen molar-refractivity contribution in [3.8, 4) is 0 Å². The number of aromatic nitrogens is 1. The van der Waals surface area contributed by atoms with E-state index in [4.69, 9.17) is 0 Å². The third-order valence-electron chi connectivity index (χ3n) is 2.89. The largest absolute Gasteiger partial charge is 0.417 e. The molecular weight excluding hydrogens is 319 g/mol. The first-order valence-electron chi connectivity index (χ1n) is 6.28. The monoisotopic (exact) mass is 335 g/mol. The van der Waals surface area contributed by atoms with Gasteiger partial charge in [-0.15, -0.1) is 22.7 Å². The minimum Gasteiger partial charge on any atom is -0.354 e. The average Bonchev–Trinajstić information content (AvgIpc) is 3.04. The molecule has 0 aromatic carbocycles. The third kappa shape index (κ3) is 4.18. The lowest BCUT2D eigenvalue weighted by atomic mass is 10.2. The van der Waals surface area contributed by atoms with E-state index in [0.29, 0.717) is 11.4 Å². The summed E-state index contributed by atoms with van der Waals surface area (Å²) in [6, 6.07) is 1.06. The molecule has 0 saturated carbocycles. The molecule has 116 valence electrons. The number of nitrogens with zero attached hydrogens (tertiary/aromatic N) is 2. The van der Waals surface area contributed by atoms with Gasteiger partial charge in [0.05, 0.1) is 11.3 Å². The molecule has 3 nitrogen and oxygen atoms in total. The van der Waals surface area contributed by atoms with Crippen LogP contribution in [0.3, 0.4) is 0 Å². The first-order valence-corrected chi connectivity index (χ1v) is 8.04. The normalized spacial score (nSPS) is 13.4. The van der Waals surface area contributed by atoms with Crippen molar-refractivity contribution in [2.75, 3.05) is 19.0 Å². The van der Waals surface area contributed by atoms with Crippen molar-refractivity contribution in [1.82, 2.24) is 10.3 Å². The van der Waals surface area contributed by atoms with E-state index < -0.39 is 11.7 Å². The molecular formula is C13H16F3N3S2. The summed E-state index contributed by atoms with van der Waals surface area (Å²) in [6.45, 7) is 2.38. The summed E-state index contributed by atoms with van der Waals surface area (Å²) in [5.74, 6) is 0. The minimum atomic E-state index is -4.27. The summed E-state index contributed by atoms with van der Waals surface area (Å²) in [5.41, 5.74) is 0.308. The number of rotatable bonds is 5. The van der Waals surface area contributed by atoms with Crippen molar-refractivity contribution in [3.63, 3.8) is 0 Å². The number of hydrogen-bond donors (Lipinski definition) is 1. The van der Waals surface area contributed by atoms with Gasteiger partial charge < -0.3 is 10.2 Å². The standard InChI is InChI=1S/C13H16F3N3S2/c1-8(11-4-9(6-20-11)13(14,15)16)17-5-10-7-21-12(18-10)19(2)3/h4,6-8,17H,5H2,1-3H3. The van der Waals surface area contributed by atoms with Crippen LogP contribution in [0.4, 0.5) is 18.3 Å². The molecule has 1 unspecified atom stereocenters. The van der Waals surface area contributed by atoms with Crippen molar-refractivity contribution >= 4 is 27.8 Å². The number of hydrogen-bond acceptors (Lipinski definition) is 5. The molecule has 8 heteroatoms. The van der Waals surface area contributed by atoms with Gasteiger partial charge in [-0.3, -0.25) is 0 Å². The summed E-state index contributed by atoms with van der Waals surface area (Å²) in [6.07, 6.45) is -4.27. The molecule has 0 aliphatic heterocycles. The third-order valence-corrected chi connectivity index (χ3v) is 5.06. The number of nitrogens with one attached hydrogen (secondary N) is 1. The molecule has 0 bridgehead atoms. The number of anilines is 1. The molecule has 2 aromatic rings. The molecule has 0 spiro atoms. The van der Waals surface area contributed by atoms with E-state index in [1.165, 1.54) is 6.07 Å². The maximum absolute atomic E-state index is 12.6. The van der Waals surface area contributed by atoms with Gasteiger partial charge in [0, 0.05) is 42.3 Å². The van der Waals surface area contributed by atoms with E-state index in [1.807, 2.05) is 31.3 Å². The summed E-state index contributed by atoms with van der Waals surface area (Å²) < 4.78 is 37.7. The molecule has 1 atom stereocenters. The Morgan fingerprint density at radius 1 is 1.29 bits per heavy atom. The molecule has 0 aliphatic carbocycles. The van der Waals surface area contributed by atoms with Crippen LogP contribution in [0.5, 0.6) is 0 Å². The average molecular weight is 335 g/mol. The maximum atomic E-state index is 12.6. The van der Waals surface area contributed by atoms with Gasteiger partial charge in [-0.05, 0) is 13.0 Å². The van der Waals surface area contributed by atoms with Gasteiger partial charge in [0.25, 0.3) is 0 Å². The number of halogens is 3. The van der Waals surface area contributed by atoms with E-state index in [1.54, 1.807) is 11.3 Å². The van der Waals surface area contributed by atoms with Crippen LogP contribution in [0.1, 0.15) is 29.1 Å². The lowest BCUT2D eigenvalue weighted by molar-refractivity contribution is -0.137. The van der Waals surface area contributed by atoms with Gasteiger partial charge in [0.15, 0.2) is 5.13 Å². The second-order valence-corrected chi connectivity index (χ2v) is 6.63. The van der Waals surface area contributed by atoms with Crippen molar-refractivity contribution < 1.29 is 13.2 Å². The first kappa shape index (κ1) is 16.3. The highest BCUT2D eigenvalue weighted by Crippen LogP contribution is 2.34. The Bertz CT molecular complexity index is 589. The molecule has 2 rings (SSSR count). The van der Waals surface area contributed by atoms with Gasteiger partial charge in [0.1, 0.15) is 0 Å². The SMILES string of the molecule is CC(NCc1csc(N(C)C)n1)c1cc(C(F)(F)F)cs1. The molecule has 2 aromatic heterocycles. The van der Waals surface area contributed by atoms with Gasteiger partial charge in [-0.2, -0.15) is 13.2 Å². The molecule has 0 saturated heterocycles. The van der Waals surface area contributed by atoms with Gasteiger partial charge in [-0.25, -0.2) is 4.98 Å². The Morgan fingerprint density at radius 2 is 2.00 bits per heavy atom. The lowest BCUT2D eigenvalue weighted by Crippen LogP contribution is -2.17. The zero-order chi connectivity index (χ0) is 15.6. The molecule has 0 aliphatic rings. The highest BCUT2D eigenvalue weighted by atomic mass is 32.1. The number of alkyl halides is 3. The molecule has 0 fully saturated rings. The Morgan fingerprint density at radius 3 is 2.52 bits per heavy atom. The van der Waals surface area contributed by atoms with Crippen LogP contribution in [0, 0.1) is 0 Å². The summed E-state index contributed by atoms with van der Waals surface area (Å²) >= 11 is 2.66. The molecule has 0 radical (unpaired) electrons. The van der Waals surface area contributed by atoms with E-state index in [2.05, 4.69) is 10.3 Å². The van der Waals surface area contributed by atoms with Crippen LogP contribution in [0.15, 0.2) is 16.8 Å². The van der Waals surface area contributed by atoms with Crippen LogP contribution in [-0.4, -0.2) is 19.1 Å². The molecule has 0 amide bonds. The zero-order valence-electron chi connectivity index (χ0n) is 11.9. The molecule has 1 N–H and O–H groups in total. The predicted octanol–water partition coefficient (Wildman–Crippen LogP) is 4.14. The lowest BCUT2D eigenvalue weighted by Gasteiger charge is -2.11. The van der Waals surface area contributed by atoms with Gasteiger partial charge >= 0.3 is 6.18 Å². The maximum Gasteiger partial charge on any atom is 0.417 e. The topological polar surface area (TPSA) is 28.2 Å². The Kier molecular flexibility index (Phi) is 4.90. The highest BCUT2D eigenvalue weighted by molar-refractivity contribution is 7.13. The van der Waals surface area contributed by atoms with E-state index >= 15 is 0 Å². The fraction of sp³-hybridized carbons (Fsp3) is 0.462. The van der Waals surface area contributed by atoms with Crippen molar-refractivity contribution in [1.29, 1.82) is 0 Å². The summed E-state index contributed by atoms with van der Waals surface area (Å²) in [7, 11) is 3.84. The van der Waals surface area contributed by atoms with Crippen LogP contribution < -0.4 is 10.2 Å². The first-order chi connectivity index (χ1) is 9.77. The van der Waals surface area contributed by atoms with Crippen molar-refractivity contribution in [3.05, 3.63) is 33.0 Å². The van der Waals surface area contributed by atoms with Gasteiger partial charge in [-0.1, -0.05) is 0 Å². The van der Waals surface area contributed by atoms with Crippen LogP contribution >= 0.6 is 22.7 Å². The van der Waals surface area contributed by atoms with Crippen LogP contribution in [-0.2, 0) is 12.7 Å². The van der Waals surface area contributed by atoms with Crippen molar-refractivity contribution in [2.24, 2.45) is 0 Å². The fourth-order valence-electron chi connectivity index (χ4n) is 1.67. The highest BCUT2D eigenvalue weighted by Gasteiger charge is 2.32. The van der Waals surface area contributed by atoms with E-state index in [-0.39, 0.29) is 6.04 Å². The van der Waals surface area contributed by atoms with E-state index in [0.717, 1.165) is 27.5 Å². The van der Waals surface area contributed by atoms with Crippen molar-refractivity contribution in [2.45, 2.75) is 25.7 Å². The quantitative estimate of drug-likeness (QED) is 0.890. The molecule has 21 heavy (non-hydrogen) atoms. The Hall–Kier alpha value is -1.12. The zero-order valence-corrected chi connectivity index (χ0v) is 13.5. The second-order valence-electron chi connectivity index (χ2n) is 4.85. The Balaban J connectivity index is 1.95.